The van der Waals surface area contributed by atoms with Gasteiger partial charge in [-0.25, -0.2) is 9.97 Å². The fraction of sp³-hybridized carbons (Fsp3) is 0. The maximum atomic E-state index is 10.7. The van der Waals surface area contributed by atoms with E-state index in [1.54, 1.807) is 6.07 Å². The summed E-state index contributed by atoms with van der Waals surface area (Å²) >= 11 is 0. The van der Waals surface area contributed by atoms with Gasteiger partial charge in [-0.1, -0.05) is 18.2 Å². The third-order valence-corrected chi connectivity index (χ3v) is 2.67. The third-order valence-electron chi connectivity index (χ3n) is 2.67. The van der Waals surface area contributed by atoms with Gasteiger partial charge in [-0.2, -0.15) is 0 Å². The van der Waals surface area contributed by atoms with Crippen LogP contribution in [0.2, 0.25) is 0 Å². The first kappa shape index (κ1) is 9.72. The van der Waals surface area contributed by atoms with E-state index < -0.39 is 0 Å². The van der Waals surface area contributed by atoms with Crippen LogP contribution in [0.4, 0.5) is 0 Å². The van der Waals surface area contributed by atoms with Crippen LogP contribution in [-0.2, 0) is 0 Å². The highest BCUT2D eigenvalue weighted by molar-refractivity contribution is 5.94. The second-order valence-electron chi connectivity index (χ2n) is 3.69. The van der Waals surface area contributed by atoms with Crippen molar-refractivity contribution in [1.29, 1.82) is 0 Å². The Morgan fingerprint density at radius 1 is 1.18 bits per heavy atom. The number of aldehydes is 1. The van der Waals surface area contributed by atoms with Crippen molar-refractivity contribution in [2.24, 2.45) is 0 Å². The standard InChI is InChI=1S/C13H9N3O/c17-7-9-5-13(16-8-15-9)11-6-14-12-4-2-1-3-10(11)12/h1-8,14H. The number of H-pyrrole nitrogens is 1. The number of nitrogens with one attached hydrogen (secondary N) is 1. The highest BCUT2D eigenvalue weighted by Crippen LogP contribution is 2.26. The fourth-order valence-electron chi connectivity index (χ4n) is 1.87. The van der Waals surface area contributed by atoms with E-state index in [0.717, 1.165) is 28.4 Å². The molecule has 3 rings (SSSR count). The first-order valence-electron chi connectivity index (χ1n) is 5.22. The van der Waals surface area contributed by atoms with Crippen molar-refractivity contribution in [3.05, 3.63) is 48.5 Å². The van der Waals surface area contributed by atoms with E-state index in [4.69, 9.17) is 0 Å². The zero-order chi connectivity index (χ0) is 11.7. The number of benzene rings is 1. The van der Waals surface area contributed by atoms with Gasteiger partial charge in [0.25, 0.3) is 0 Å². The van der Waals surface area contributed by atoms with E-state index in [1.807, 2.05) is 30.5 Å². The Labute approximate surface area is 97.3 Å². The Morgan fingerprint density at radius 3 is 2.94 bits per heavy atom. The number of aromatic nitrogens is 3. The van der Waals surface area contributed by atoms with Crippen molar-refractivity contribution in [3.8, 4) is 11.3 Å². The highest BCUT2D eigenvalue weighted by Gasteiger charge is 2.07. The minimum absolute atomic E-state index is 0.389. The summed E-state index contributed by atoms with van der Waals surface area (Å²) in [6.07, 6.45) is 4.02. The molecular formula is C13H9N3O. The van der Waals surface area contributed by atoms with Gasteiger partial charge in [-0.15, -0.1) is 0 Å². The second kappa shape index (κ2) is 3.83. The summed E-state index contributed by atoms with van der Waals surface area (Å²) in [7, 11) is 0. The molecule has 2 heterocycles. The number of fused-ring (bicyclic) bond motifs is 1. The zero-order valence-electron chi connectivity index (χ0n) is 8.92. The fourth-order valence-corrected chi connectivity index (χ4v) is 1.87. The average molecular weight is 223 g/mol. The largest absolute Gasteiger partial charge is 0.360 e. The molecule has 0 fully saturated rings. The maximum absolute atomic E-state index is 10.7. The molecule has 0 aliphatic rings. The molecule has 0 aliphatic carbocycles. The molecule has 1 N–H and O–H groups in total. The molecule has 0 saturated heterocycles. The lowest BCUT2D eigenvalue weighted by Gasteiger charge is -1.98. The van der Waals surface area contributed by atoms with E-state index in [-0.39, 0.29) is 0 Å². The van der Waals surface area contributed by atoms with E-state index >= 15 is 0 Å². The molecule has 17 heavy (non-hydrogen) atoms. The molecule has 0 amide bonds. The lowest BCUT2D eigenvalue weighted by atomic mass is 10.1. The van der Waals surface area contributed by atoms with Gasteiger partial charge >= 0.3 is 0 Å². The molecule has 1 aromatic carbocycles. The summed E-state index contributed by atoms with van der Waals surface area (Å²) in [5.41, 5.74) is 3.17. The molecule has 0 bridgehead atoms. The number of carbonyl (C=O) groups excluding carboxylic acids is 1. The van der Waals surface area contributed by atoms with Gasteiger partial charge in [0.1, 0.15) is 12.0 Å². The van der Waals surface area contributed by atoms with Crippen LogP contribution in [0.5, 0.6) is 0 Å². The molecule has 3 aromatic rings. The van der Waals surface area contributed by atoms with Crippen LogP contribution in [0.25, 0.3) is 22.2 Å². The first-order valence-corrected chi connectivity index (χ1v) is 5.22. The van der Waals surface area contributed by atoms with E-state index in [2.05, 4.69) is 15.0 Å². The van der Waals surface area contributed by atoms with Gasteiger partial charge in [0.05, 0.1) is 5.69 Å². The Kier molecular flexibility index (Phi) is 2.19. The first-order chi connectivity index (χ1) is 8.38. The number of rotatable bonds is 2. The molecule has 4 nitrogen and oxygen atoms in total. The van der Waals surface area contributed by atoms with Crippen LogP contribution in [0.3, 0.4) is 0 Å². The van der Waals surface area contributed by atoms with Crippen molar-refractivity contribution < 1.29 is 4.79 Å². The van der Waals surface area contributed by atoms with Gasteiger partial charge in [-0.3, -0.25) is 4.79 Å². The normalized spacial score (nSPS) is 10.6. The minimum atomic E-state index is 0.389. The summed E-state index contributed by atoms with van der Waals surface area (Å²) < 4.78 is 0. The summed E-state index contributed by atoms with van der Waals surface area (Å²) in [4.78, 5) is 21.9. The van der Waals surface area contributed by atoms with Crippen LogP contribution in [-0.4, -0.2) is 21.2 Å². The predicted molar refractivity (Wildman–Crippen MR) is 64.7 cm³/mol. The van der Waals surface area contributed by atoms with Gasteiger partial charge in [0.15, 0.2) is 6.29 Å². The van der Waals surface area contributed by atoms with Gasteiger partial charge in [-0.05, 0) is 12.1 Å². The van der Waals surface area contributed by atoms with Gasteiger partial charge < -0.3 is 4.98 Å². The van der Waals surface area contributed by atoms with Crippen molar-refractivity contribution in [2.75, 3.05) is 0 Å². The quantitative estimate of drug-likeness (QED) is 0.679. The Bertz CT molecular complexity index is 688. The predicted octanol–water partition coefficient (Wildman–Crippen LogP) is 2.44. The number of carbonyl (C=O) groups is 1. The molecule has 4 heteroatoms. The molecule has 0 spiro atoms. The maximum Gasteiger partial charge on any atom is 0.168 e. The van der Waals surface area contributed by atoms with Crippen LogP contribution >= 0.6 is 0 Å². The molecule has 2 aromatic heterocycles. The molecule has 0 unspecified atom stereocenters. The lowest BCUT2D eigenvalue weighted by molar-refractivity contribution is 0.111. The SMILES string of the molecule is O=Cc1cc(-c2c[nH]c3ccccc23)ncn1. The molecule has 0 radical (unpaired) electrons. The van der Waals surface area contributed by atoms with Crippen LogP contribution < -0.4 is 0 Å². The number of hydrogen-bond acceptors (Lipinski definition) is 3. The summed E-state index contributed by atoms with van der Waals surface area (Å²) in [5, 5.41) is 1.09. The Morgan fingerprint density at radius 2 is 2.06 bits per heavy atom. The van der Waals surface area contributed by atoms with E-state index in [0.29, 0.717) is 5.69 Å². The van der Waals surface area contributed by atoms with E-state index in [1.165, 1.54) is 6.33 Å². The molecular weight excluding hydrogens is 214 g/mol. The van der Waals surface area contributed by atoms with Crippen molar-refractivity contribution in [2.45, 2.75) is 0 Å². The number of aromatic amines is 1. The van der Waals surface area contributed by atoms with Crippen LogP contribution in [0.1, 0.15) is 10.5 Å². The summed E-state index contributed by atoms with van der Waals surface area (Å²) in [6, 6.07) is 9.65. The number of nitrogens with zero attached hydrogens (tertiary/aromatic N) is 2. The van der Waals surface area contributed by atoms with Crippen molar-refractivity contribution >= 4 is 17.2 Å². The third kappa shape index (κ3) is 1.59. The number of para-hydroxylation sites is 1. The van der Waals surface area contributed by atoms with Crippen LogP contribution in [0.15, 0.2) is 42.9 Å². The van der Waals surface area contributed by atoms with Gasteiger partial charge in [0, 0.05) is 22.7 Å². The second-order valence-corrected chi connectivity index (χ2v) is 3.69. The zero-order valence-corrected chi connectivity index (χ0v) is 8.92. The van der Waals surface area contributed by atoms with E-state index in [9.17, 15) is 4.79 Å². The highest BCUT2D eigenvalue weighted by atomic mass is 16.1. The molecule has 0 atom stereocenters. The Balaban J connectivity index is 2.23. The molecule has 0 saturated carbocycles. The van der Waals surface area contributed by atoms with Crippen molar-refractivity contribution in [3.63, 3.8) is 0 Å². The molecule has 82 valence electrons. The van der Waals surface area contributed by atoms with Gasteiger partial charge in [0.2, 0.25) is 0 Å². The summed E-state index contributed by atoms with van der Waals surface area (Å²) in [5.74, 6) is 0. The van der Waals surface area contributed by atoms with Crippen LogP contribution in [0, 0.1) is 0 Å². The number of hydrogen-bond donors (Lipinski definition) is 1. The smallest absolute Gasteiger partial charge is 0.168 e. The Hall–Kier alpha value is -2.49. The molecule has 0 aliphatic heterocycles. The monoisotopic (exact) mass is 223 g/mol. The lowest BCUT2D eigenvalue weighted by Crippen LogP contribution is -1.90. The average Bonchev–Trinajstić information content (AvgIpc) is 2.82. The van der Waals surface area contributed by atoms with Crippen molar-refractivity contribution in [1.82, 2.24) is 15.0 Å². The topological polar surface area (TPSA) is 58.6 Å². The summed E-state index contributed by atoms with van der Waals surface area (Å²) in [6.45, 7) is 0. The minimum Gasteiger partial charge on any atom is -0.360 e.